The zero-order valence-corrected chi connectivity index (χ0v) is 17.9. The molecule has 9 heteroatoms. The number of rotatable bonds is 6. The molecule has 0 amide bonds. The second-order valence-corrected chi connectivity index (χ2v) is 10.3. The molecule has 0 aliphatic rings. The van der Waals surface area contributed by atoms with E-state index in [4.69, 9.17) is 16.3 Å². The summed E-state index contributed by atoms with van der Waals surface area (Å²) in [4.78, 5) is 0.439. The van der Waals surface area contributed by atoms with Gasteiger partial charge in [0.1, 0.15) is 4.21 Å². The average Bonchev–Trinajstić information content (AvgIpc) is 3.13. The lowest BCUT2D eigenvalue weighted by Gasteiger charge is -2.07. The molecular formula is C17H19ClN2O3S3. The molecule has 0 fully saturated rings. The van der Waals surface area contributed by atoms with Crippen LogP contribution >= 0.6 is 34.3 Å². The fraction of sp³-hybridized carbons (Fsp3) is 0.353. The van der Waals surface area contributed by atoms with Crippen LogP contribution in [0, 0.1) is 13.8 Å². The number of aromatic nitrogens is 1. The van der Waals surface area contributed by atoms with Crippen LogP contribution in [-0.2, 0) is 21.3 Å². The van der Waals surface area contributed by atoms with Crippen LogP contribution in [0.15, 0.2) is 32.9 Å². The lowest BCUT2D eigenvalue weighted by atomic mass is 10.1. The fourth-order valence-electron chi connectivity index (χ4n) is 2.49. The van der Waals surface area contributed by atoms with Crippen LogP contribution in [0.1, 0.15) is 18.1 Å². The van der Waals surface area contributed by atoms with E-state index in [1.54, 1.807) is 6.07 Å². The minimum atomic E-state index is -3.81. The molecular weight excluding hydrogens is 412 g/mol. The number of ether oxygens (including phenoxy) is 1. The Kier molecular flexibility index (Phi) is 5.88. The smallest absolute Gasteiger partial charge is 0.294 e. The molecule has 2 heterocycles. The molecule has 0 aliphatic heterocycles. The molecule has 0 atom stereocenters. The predicted molar refractivity (Wildman–Crippen MR) is 108 cm³/mol. The van der Waals surface area contributed by atoms with Crippen molar-refractivity contribution in [2.75, 3.05) is 13.2 Å². The summed E-state index contributed by atoms with van der Waals surface area (Å²) in [7, 11) is -3.81. The second-order valence-electron chi connectivity index (χ2n) is 5.76. The van der Waals surface area contributed by atoms with Gasteiger partial charge in [0, 0.05) is 13.2 Å². The van der Waals surface area contributed by atoms with E-state index in [-0.39, 0.29) is 4.21 Å². The molecule has 0 saturated heterocycles. The Labute approximate surface area is 165 Å². The van der Waals surface area contributed by atoms with Gasteiger partial charge in [-0.2, -0.15) is 8.42 Å². The first kappa shape index (κ1) is 19.6. The number of hydrogen-bond donors (Lipinski definition) is 0. The van der Waals surface area contributed by atoms with Gasteiger partial charge in [-0.25, -0.2) is 0 Å². The van der Waals surface area contributed by atoms with E-state index in [9.17, 15) is 8.42 Å². The van der Waals surface area contributed by atoms with Crippen LogP contribution in [0.25, 0.3) is 10.2 Å². The lowest BCUT2D eigenvalue weighted by Crippen LogP contribution is -2.19. The number of benzene rings is 1. The van der Waals surface area contributed by atoms with Crippen LogP contribution in [0.3, 0.4) is 0 Å². The van der Waals surface area contributed by atoms with Gasteiger partial charge in [-0.15, -0.1) is 15.7 Å². The third-order valence-electron chi connectivity index (χ3n) is 3.96. The molecule has 0 saturated carbocycles. The molecule has 0 N–H and O–H groups in total. The minimum absolute atomic E-state index is 0.142. The van der Waals surface area contributed by atoms with Crippen LogP contribution in [0.5, 0.6) is 0 Å². The number of hydrogen-bond acceptors (Lipinski definition) is 5. The molecule has 3 aromatic rings. The number of fused-ring (bicyclic) bond motifs is 1. The second kappa shape index (κ2) is 7.82. The summed E-state index contributed by atoms with van der Waals surface area (Å²) in [6, 6.07) is 7.19. The van der Waals surface area contributed by atoms with Crippen LogP contribution in [-0.4, -0.2) is 26.2 Å². The van der Waals surface area contributed by atoms with Crippen LogP contribution < -0.4 is 4.80 Å². The molecule has 3 rings (SSSR count). The molecule has 140 valence electrons. The molecule has 2 aromatic heterocycles. The highest BCUT2D eigenvalue weighted by molar-refractivity contribution is 7.92. The summed E-state index contributed by atoms with van der Waals surface area (Å²) in [6.07, 6.45) is 0. The van der Waals surface area contributed by atoms with Gasteiger partial charge in [0.15, 0.2) is 0 Å². The van der Waals surface area contributed by atoms with E-state index < -0.39 is 10.0 Å². The number of thiophene rings is 1. The Bertz CT molecular complexity index is 1110. The molecule has 0 unspecified atom stereocenters. The van der Waals surface area contributed by atoms with Gasteiger partial charge in [-0.05, 0) is 56.2 Å². The van der Waals surface area contributed by atoms with Gasteiger partial charge in [0.05, 0.1) is 21.2 Å². The van der Waals surface area contributed by atoms with Crippen LogP contribution in [0.2, 0.25) is 4.34 Å². The Hall–Kier alpha value is -1.19. The maximum atomic E-state index is 12.7. The quantitative estimate of drug-likeness (QED) is 0.546. The summed E-state index contributed by atoms with van der Waals surface area (Å²) >= 11 is 8.25. The number of sulfonamides is 1. The Morgan fingerprint density at radius 1 is 1.19 bits per heavy atom. The van der Waals surface area contributed by atoms with E-state index in [1.807, 2.05) is 25.3 Å². The number of thiazole rings is 1. The lowest BCUT2D eigenvalue weighted by molar-refractivity contribution is 0.139. The standard InChI is InChI=1S/C17H19ClN2O3S3/c1-4-23-8-7-20-13-9-11(2)12(3)10-14(13)24-17(20)19-26(21,22)16-6-5-15(18)25-16/h5-6,9-10H,4,7-8H2,1-3H3/b19-17-. The van der Waals surface area contributed by atoms with Gasteiger partial charge in [-0.1, -0.05) is 22.9 Å². The van der Waals surface area contributed by atoms with E-state index in [1.165, 1.54) is 17.4 Å². The summed E-state index contributed by atoms with van der Waals surface area (Å²) < 4.78 is 38.3. The van der Waals surface area contributed by atoms with Crippen molar-refractivity contribution in [3.63, 3.8) is 0 Å². The van der Waals surface area contributed by atoms with Crippen molar-refractivity contribution in [2.45, 2.75) is 31.5 Å². The van der Waals surface area contributed by atoms with Crippen molar-refractivity contribution in [1.29, 1.82) is 0 Å². The predicted octanol–water partition coefficient (Wildman–Crippen LogP) is 4.36. The number of nitrogens with zero attached hydrogens (tertiary/aromatic N) is 2. The first-order valence-electron chi connectivity index (χ1n) is 8.06. The van der Waals surface area contributed by atoms with Crippen molar-refractivity contribution in [2.24, 2.45) is 4.40 Å². The summed E-state index contributed by atoms with van der Waals surface area (Å²) in [5.41, 5.74) is 3.28. The topological polar surface area (TPSA) is 60.7 Å². The monoisotopic (exact) mass is 430 g/mol. The third-order valence-corrected chi connectivity index (χ3v) is 8.08. The van der Waals surface area contributed by atoms with Gasteiger partial charge < -0.3 is 9.30 Å². The van der Waals surface area contributed by atoms with E-state index in [2.05, 4.69) is 16.5 Å². The summed E-state index contributed by atoms with van der Waals surface area (Å²) in [5, 5.41) is 0. The molecule has 0 spiro atoms. The van der Waals surface area contributed by atoms with Crippen molar-refractivity contribution in [3.05, 3.63) is 44.5 Å². The SMILES string of the molecule is CCOCCn1/c(=N/S(=O)(=O)c2ccc(Cl)s2)sc2cc(C)c(C)cc21. The first-order chi connectivity index (χ1) is 12.3. The van der Waals surface area contributed by atoms with Crippen molar-refractivity contribution in [3.8, 4) is 0 Å². The molecule has 5 nitrogen and oxygen atoms in total. The highest BCUT2D eigenvalue weighted by Crippen LogP contribution is 2.27. The van der Waals surface area contributed by atoms with E-state index in [0.717, 1.165) is 32.7 Å². The molecule has 26 heavy (non-hydrogen) atoms. The maximum Gasteiger partial charge on any atom is 0.294 e. The van der Waals surface area contributed by atoms with E-state index >= 15 is 0 Å². The van der Waals surface area contributed by atoms with Gasteiger partial charge in [-0.3, -0.25) is 0 Å². The highest BCUT2D eigenvalue weighted by Gasteiger charge is 2.17. The first-order valence-corrected chi connectivity index (χ1v) is 11.5. The van der Waals surface area contributed by atoms with Crippen LogP contribution in [0.4, 0.5) is 0 Å². The molecule has 0 aliphatic carbocycles. The zero-order valence-electron chi connectivity index (χ0n) is 14.7. The number of halogens is 1. The van der Waals surface area contributed by atoms with Gasteiger partial charge in [0.2, 0.25) is 4.80 Å². The van der Waals surface area contributed by atoms with Gasteiger partial charge in [0.25, 0.3) is 10.0 Å². The fourth-order valence-corrected chi connectivity index (χ4v) is 6.29. The highest BCUT2D eigenvalue weighted by atomic mass is 35.5. The molecule has 1 aromatic carbocycles. The normalized spacial score (nSPS) is 13.0. The zero-order chi connectivity index (χ0) is 18.9. The Balaban J connectivity index is 2.18. The summed E-state index contributed by atoms with van der Waals surface area (Å²) in [5.74, 6) is 0. The third kappa shape index (κ3) is 4.04. The van der Waals surface area contributed by atoms with Gasteiger partial charge >= 0.3 is 0 Å². The largest absolute Gasteiger partial charge is 0.380 e. The Morgan fingerprint density at radius 2 is 1.92 bits per heavy atom. The molecule has 0 bridgehead atoms. The Morgan fingerprint density at radius 3 is 2.58 bits per heavy atom. The van der Waals surface area contributed by atoms with Crippen molar-refractivity contribution >= 4 is 54.5 Å². The van der Waals surface area contributed by atoms with Crippen molar-refractivity contribution < 1.29 is 13.2 Å². The average molecular weight is 431 g/mol. The maximum absolute atomic E-state index is 12.7. The van der Waals surface area contributed by atoms with E-state index in [0.29, 0.717) is 28.9 Å². The molecule has 0 radical (unpaired) electrons. The van der Waals surface area contributed by atoms with Crippen molar-refractivity contribution in [1.82, 2.24) is 4.57 Å². The minimum Gasteiger partial charge on any atom is -0.380 e. The summed E-state index contributed by atoms with van der Waals surface area (Å²) in [6.45, 7) is 7.66. The number of aryl methyl sites for hydroxylation is 2.